The standard InChI is InChI=1S/C7H4F2NO3.C7H6F2NO.C6H4NO3.CH2I2.2CH3I.3Y/c8-7(9)13-6-4-2-1-3-5(6)10(11)12;8-7(9)11-6-4-2-1-3-5(6)10;8-6-4-2-1-3-5(6)7(9)10;2-1-3;2*1-2;;;/h1-2,4,7H;1-2,4,7H,10H2;1-2,4,8H;1H2;2*1H3;;;/q3*-1;;;;;;. The van der Waals surface area contributed by atoms with Crippen molar-refractivity contribution >= 4 is 107 Å². The van der Waals surface area contributed by atoms with Gasteiger partial charge in [0.2, 0.25) is 11.4 Å². The van der Waals surface area contributed by atoms with E-state index >= 15 is 0 Å². The van der Waals surface area contributed by atoms with Gasteiger partial charge in [0.25, 0.3) is 0 Å². The molecule has 0 fully saturated rings. The molecule has 10 nitrogen and oxygen atoms in total. The Balaban J connectivity index is -0.000000109. The summed E-state index contributed by atoms with van der Waals surface area (Å²) in [5.41, 5.74) is 4.36. The number of phenolic OH excluding ortho intramolecular Hbond substituents is 1. The molecule has 3 aromatic rings. The molecule has 3 rings (SSSR count). The fourth-order valence-electron chi connectivity index (χ4n) is 1.94. The predicted molar refractivity (Wildman–Crippen MR) is 181 cm³/mol. The number of benzene rings is 3. The molecule has 3 radical (unpaired) electrons. The minimum absolute atomic E-state index is 0. The van der Waals surface area contributed by atoms with E-state index < -0.39 is 34.5 Å². The number of aromatic hydroxyl groups is 1. The second kappa shape index (κ2) is 39.1. The largest absolute Gasteiger partial charge is 0.559 e. The van der Waals surface area contributed by atoms with Crippen molar-refractivity contribution in [2.24, 2.45) is 0 Å². The van der Waals surface area contributed by atoms with Crippen LogP contribution in [0.2, 0.25) is 0 Å². The van der Waals surface area contributed by atoms with E-state index in [4.69, 9.17) is 10.8 Å². The first kappa shape index (κ1) is 57.9. The number of halogens is 8. The molecule has 0 atom stereocenters. The number of phenols is 1. The molecule has 0 heterocycles. The van der Waals surface area contributed by atoms with Crippen molar-refractivity contribution < 1.29 is 140 Å². The molecule has 0 aliphatic rings. The molecular formula is C23H22F4I4N3O7Y3-3. The molecule has 239 valence electrons. The van der Waals surface area contributed by atoms with Crippen molar-refractivity contribution in [1.82, 2.24) is 0 Å². The van der Waals surface area contributed by atoms with Crippen LogP contribution in [0.4, 0.5) is 34.6 Å². The number of nitrogens with zero attached hydrogens (tertiary/aromatic N) is 2. The van der Waals surface area contributed by atoms with Crippen molar-refractivity contribution in [3.63, 3.8) is 0 Å². The summed E-state index contributed by atoms with van der Waals surface area (Å²) in [5, 5.41) is 29.1. The number of para-hydroxylation sites is 3. The minimum atomic E-state index is -3.07. The first-order valence-electron chi connectivity index (χ1n) is 9.96. The maximum atomic E-state index is 11.7. The van der Waals surface area contributed by atoms with Gasteiger partial charge in [-0.15, -0.1) is 18.2 Å². The Morgan fingerprint density at radius 3 is 1.45 bits per heavy atom. The van der Waals surface area contributed by atoms with E-state index in [9.17, 15) is 37.8 Å². The van der Waals surface area contributed by atoms with Gasteiger partial charge in [0.15, 0.2) is 0 Å². The molecule has 3 aromatic carbocycles. The van der Waals surface area contributed by atoms with E-state index in [2.05, 4.69) is 118 Å². The number of ether oxygens (including phenoxy) is 2. The van der Waals surface area contributed by atoms with Crippen LogP contribution in [0, 0.1) is 38.4 Å². The van der Waals surface area contributed by atoms with Crippen LogP contribution in [-0.2, 0) is 98.1 Å². The number of hydrogen-bond acceptors (Lipinski definition) is 8. The van der Waals surface area contributed by atoms with Gasteiger partial charge in [0.1, 0.15) is 0 Å². The topological polar surface area (TPSA) is 151 Å². The normalized spacial score (nSPS) is 8.27. The molecule has 0 aromatic heterocycles. The molecule has 0 aliphatic heterocycles. The van der Waals surface area contributed by atoms with E-state index in [1.165, 1.54) is 51.0 Å². The Labute approximate surface area is 382 Å². The number of nitrogen functional groups attached to an aromatic ring is 1. The van der Waals surface area contributed by atoms with Gasteiger partial charge in [-0.05, 0) is 15.5 Å². The second-order valence-electron chi connectivity index (χ2n) is 5.61. The number of nitro groups is 2. The molecule has 3 N–H and O–H groups in total. The van der Waals surface area contributed by atoms with Crippen LogP contribution in [0.3, 0.4) is 0 Å². The fraction of sp³-hybridized carbons (Fsp3) is 0.217. The van der Waals surface area contributed by atoms with Gasteiger partial charge in [0, 0.05) is 114 Å². The summed E-state index contributed by atoms with van der Waals surface area (Å²) in [5.74, 6) is -0.877. The Kier molecular flexibility index (Phi) is 51.3. The zero-order chi connectivity index (χ0) is 32.4. The fourth-order valence-corrected chi connectivity index (χ4v) is 1.94. The van der Waals surface area contributed by atoms with Gasteiger partial charge in [-0.3, -0.25) is 20.2 Å². The Hall–Kier alpha value is 1.61. The monoisotopic (exact) mass is 1300 g/mol. The van der Waals surface area contributed by atoms with Crippen LogP contribution in [-0.4, -0.2) is 40.5 Å². The third-order valence-electron chi connectivity index (χ3n) is 3.26. The molecule has 0 unspecified atom stereocenters. The van der Waals surface area contributed by atoms with Crippen molar-refractivity contribution in [3.05, 3.63) is 93.0 Å². The molecule has 44 heavy (non-hydrogen) atoms. The van der Waals surface area contributed by atoms with Gasteiger partial charge >= 0.3 is 13.2 Å². The maximum absolute atomic E-state index is 11.7. The quantitative estimate of drug-likeness (QED) is 0.0474. The SMILES string of the molecule is CI.CI.ICI.Nc1[c-]cccc1OC(F)F.O=[N+]([O-])c1[c-]cccc1O.O=[N+]([O-])c1[c-]cccc1OC(F)F.[Y].[Y].[Y]. The van der Waals surface area contributed by atoms with Crippen molar-refractivity contribution in [3.8, 4) is 17.2 Å². The van der Waals surface area contributed by atoms with Crippen molar-refractivity contribution in [1.29, 1.82) is 0 Å². The van der Waals surface area contributed by atoms with Gasteiger partial charge in [-0.1, -0.05) is 102 Å². The van der Waals surface area contributed by atoms with Crippen LogP contribution in [0.15, 0.2) is 54.6 Å². The molecule has 0 bridgehead atoms. The van der Waals surface area contributed by atoms with Gasteiger partial charge in [-0.2, -0.15) is 60.0 Å². The van der Waals surface area contributed by atoms with Gasteiger partial charge in [0.05, 0.1) is 13.9 Å². The number of rotatable bonds is 6. The molecule has 21 heteroatoms. The van der Waals surface area contributed by atoms with Crippen LogP contribution < -0.4 is 15.2 Å². The van der Waals surface area contributed by atoms with Crippen LogP contribution in [0.5, 0.6) is 17.2 Å². The van der Waals surface area contributed by atoms with Crippen LogP contribution in [0.25, 0.3) is 0 Å². The first-order chi connectivity index (χ1) is 19.4. The molecule has 0 saturated carbocycles. The smallest absolute Gasteiger partial charge is 0.377 e. The molecule has 0 spiro atoms. The number of alkyl halides is 8. The summed E-state index contributed by atoms with van der Waals surface area (Å²) in [7, 11) is 0. The molecule has 0 amide bonds. The van der Waals surface area contributed by atoms with Gasteiger partial charge < -0.3 is 20.3 Å². The summed E-state index contributed by atoms with van der Waals surface area (Å²) in [6, 6.07) is 19.1. The van der Waals surface area contributed by atoms with Crippen molar-refractivity contribution in [2.75, 3.05) is 18.0 Å². The summed E-state index contributed by atoms with van der Waals surface area (Å²) < 4.78 is 55.8. The van der Waals surface area contributed by atoms with E-state index in [0.717, 1.165) is 6.07 Å². The van der Waals surface area contributed by atoms with Crippen LogP contribution >= 0.6 is 90.4 Å². The summed E-state index contributed by atoms with van der Waals surface area (Å²) in [4.78, 5) is 22.7. The Morgan fingerprint density at radius 2 is 1.11 bits per heavy atom. The molecule has 0 aliphatic carbocycles. The third-order valence-corrected chi connectivity index (χ3v) is 3.26. The Morgan fingerprint density at radius 1 is 0.773 bits per heavy atom. The van der Waals surface area contributed by atoms with Gasteiger partial charge in [-0.25, -0.2) is 0 Å². The first-order valence-corrected chi connectivity index (χ1v) is 17.3. The number of anilines is 1. The number of nitrogens with two attached hydrogens (primary N) is 1. The molecule has 0 saturated heterocycles. The zero-order valence-electron chi connectivity index (χ0n) is 22.7. The zero-order valence-corrected chi connectivity index (χ0v) is 39.8. The van der Waals surface area contributed by atoms with Crippen molar-refractivity contribution in [2.45, 2.75) is 13.2 Å². The summed E-state index contributed by atoms with van der Waals surface area (Å²) in [6.07, 6.45) is 0. The van der Waals surface area contributed by atoms with E-state index in [-0.39, 0.29) is 121 Å². The summed E-state index contributed by atoms with van der Waals surface area (Å²) in [6.45, 7) is -5.91. The average Bonchev–Trinajstić information content (AvgIpc) is 2.93. The third kappa shape index (κ3) is 30.9. The van der Waals surface area contributed by atoms with E-state index in [1.807, 2.05) is 9.86 Å². The maximum Gasteiger partial charge on any atom is 0.377 e. The Bertz CT molecular complexity index is 1140. The second-order valence-corrected chi connectivity index (χ2v) is 10.1. The minimum Gasteiger partial charge on any atom is -0.559 e. The molecular weight excluding hydrogens is 1280 g/mol. The number of hydrogen-bond donors (Lipinski definition) is 2. The van der Waals surface area contributed by atoms with E-state index in [1.54, 1.807) is 0 Å². The average molecular weight is 1300 g/mol. The summed E-state index contributed by atoms with van der Waals surface area (Å²) >= 11 is 8.85. The predicted octanol–water partition coefficient (Wildman–Crippen LogP) is 8.68. The number of nitro benzene ring substituents is 2. The van der Waals surface area contributed by atoms with E-state index in [0.29, 0.717) is 0 Å². The van der Waals surface area contributed by atoms with Crippen LogP contribution in [0.1, 0.15) is 0 Å².